The Bertz CT molecular complexity index is 591. The number of hydrogen-bond acceptors (Lipinski definition) is 5. The fourth-order valence-electron chi connectivity index (χ4n) is 2.21. The van der Waals surface area contributed by atoms with E-state index in [0.717, 1.165) is 42.0 Å². The van der Waals surface area contributed by atoms with E-state index >= 15 is 0 Å². The molecule has 5 heteroatoms. The highest BCUT2D eigenvalue weighted by Gasteiger charge is 2.12. The third-order valence-corrected chi connectivity index (χ3v) is 3.44. The summed E-state index contributed by atoms with van der Waals surface area (Å²) in [7, 11) is 0. The number of nitrogens with zero attached hydrogens (tertiary/aromatic N) is 1. The highest BCUT2D eigenvalue weighted by Crippen LogP contribution is 2.29. The van der Waals surface area contributed by atoms with Gasteiger partial charge in [0.15, 0.2) is 5.58 Å². The van der Waals surface area contributed by atoms with E-state index in [4.69, 9.17) is 4.42 Å². The number of aliphatic imine (C=N–C) groups is 1. The predicted octanol–water partition coefficient (Wildman–Crippen LogP) is 2.67. The monoisotopic (exact) mass is 261 g/mol. The second kappa shape index (κ2) is 4.94. The highest BCUT2D eigenvalue weighted by atomic mass is 32.2. The molecule has 1 aliphatic heterocycles. The van der Waals surface area contributed by atoms with E-state index in [1.807, 2.05) is 12.3 Å². The van der Waals surface area contributed by atoms with E-state index in [-0.39, 0.29) is 0 Å². The summed E-state index contributed by atoms with van der Waals surface area (Å²) >= 11 is 1.57. The van der Waals surface area contributed by atoms with E-state index in [2.05, 4.69) is 27.2 Å². The lowest BCUT2D eigenvalue weighted by atomic mass is 10.1. The Morgan fingerprint density at radius 1 is 1.44 bits per heavy atom. The Hall–Kier alpha value is -1.62. The molecule has 3 rings (SSSR count). The van der Waals surface area contributed by atoms with Crippen molar-refractivity contribution in [2.75, 3.05) is 24.1 Å². The molecule has 0 saturated heterocycles. The zero-order chi connectivity index (χ0) is 12.4. The van der Waals surface area contributed by atoms with Crippen molar-refractivity contribution in [2.45, 2.75) is 6.42 Å². The third kappa shape index (κ3) is 2.06. The lowest BCUT2D eigenvalue weighted by molar-refractivity contribution is 0.617. The van der Waals surface area contributed by atoms with Gasteiger partial charge in [-0.1, -0.05) is 18.0 Å². The van der Waals surface area contributed by atoms with Crippen molar-refractivity contribution in [2.24, 2.45) is 4.99 Å². The van der Waals surface area contributed by atoms with E-state index in [9.17, 15) is 0 Å². The molecule has 1 aromatic carbocycles. The standard InChI is InChI=1S/C13H15N3OS/c1-18-16-11-3-2-9(8-12-14-5-6-15-12)10-4-7-17-13(10)11/h2-4,7,16H,5-6,8H2,1H3,(H,14,15). The van der Waals surface area contributed by atoms with Crippen molar-refractivity contribution < 1.29 is 4.42 Å². The van der Waals surface area contributed by atoms with Gasteiger partial charge < -0.3 is 14.5 Å². The lowest BCUT2D eigenvalue weighted by Crippen LogP contribution is -2.20. The predicted molar refractivity (Wildman–Crippen MR) is 77.4 cm³/mol. The molecule has 2 heterocycles. The Labute approximate surface area is 110 Å². The first-order chi connectivity index (χ1) is 8.88. The van der Waals surface area contributed by atoms with Crippen molar-refractivity contribution >= 4 is 34.4 Å². The van der Waals surface area contributed by atoms with E-state index in [1.165, 1.54) is 5.56 Å². The normalized spacial score (nSPS) is 14.6. The van der Waals surface area contributed by atoms with Crippen LogP contribution in [0.15, 0.2) is 33.9 Å². The first-order valence-corrected chi connectivity index (χ1v) is 7.16. The molecule has 18 heavy (non-hydrogen) atoms. The van der Waals surface area contributed by atoms with Gasteiger partial charge in [-0.3, -0.25) is 4.99 Å². The summed E-state index contributed by atoms with van der Waals surface area (Å²) in [4.78, 5) is 4.44. The molecule has 4 nitrogen and oxygen atoms in total. The van der Waals surface area contributed by atoms with Crippen molar-refractivity contribution in [1.82, 2.24) is 5.32 Å². The summed E-state index contributed by atoms with van der Waals surface area (Å²) in [5.41, 5.74) is 3.19. The van der Waals surface area contributed by atoms with Gasteiger partial charge in [0, 0.05) is 24.6 Å². The van der Waals surface area contributed by atoms with Crippen molar-refractivity contribution in [3.05, 3.63) is 30.0 Å². The van der Waals surface area contributed by atoms with Crippen LogP contribution in [0.2, 0.25) is 0 Å². The molecule has 94 valence electrons. The average molecular weight is 261 g/mol. The topological polar surface area (TPSA) is 49.6 Å². The van der Waals surface area contributed by atoms with Crippen LogP contribution in [0.5, 0.6) is 0 Å². The van der Waals surface area contributed by atoms with E-state index in [0.29, 0.717) is 0 Å². The zero-order valence-electron chi connectivity index (χ0n) is 10.2. The van der Waals surface area contributed by atoms with Gasteiger partial charge in [-0.2, -0.15) is 0 Å². The van der Waals surface area contributed by atoms with Gasteiger partial charge >= 0.3 is 0 Å². The van der Waals surface area contributed by atoms with Crippen LogP contribution in [0.1, 0.15) is 5.56 Å². The number of benzene rings is 1. The van der Waals surface area contributed by atoms with Crippen LogP contribution < -0.4 is 10.0 Å². The van der Waals surface area contributed by atoms with E-state index < -0.39 is 0 Å². The van der Waals surface area contributed by atoms with Gasteiger partial charge in [-0.05, 0) is 17.7 Å². The molecule has 0 atom stereocenters. The molecule has 0 fully saturated rings. The minimum atomic E-state index is 0.843. The molecule has 0 spiro atoms. The Morgan fingerprint density at radius 3 is 3.17 bits per heavy atom. The summed E-state index contributed by atoms with van der Waals surface area (Å²) in [6.45, 7) is 1.84. The smallest absolute Gasteiger partial charge is 0.158 e. The summed E-state index contributed by atoms with van der Waals surface area (Å²) in [6, 6.07) is 6.22. The van der Waals surface area contributed by atoms with Crippen LogP contribution in [-0.2, 0) is 6.42 Å². The highest BCUT2D eigenvalue weighted by molar-refractivity contribution is 7.99. The van der Waals surface area contributed by atoms with Gasteiger partial charge in [0.25, 0.3) is 0 Å². The van der Waals surface area contributed by atoms with Gasteiger partial charge in [0.05, 0.1) is 18.5 Å². The van der Waals surface area contributed by atoms with Crippen LogP contribution in [0.4, 0.5) is 5.69 Å². The van der Waals surface area contributed by atoms with Gasteiger partial charge in [0.2, 0.25) is 0 Å². The van der Waals surface area contributed by atoms with Crippen LogP contribution in [0.25, 0.3) is 11.0 Å². The number of fused-ring (bicyclic) bond motifs is 1. The van der Waals surface area contributed by atoms with Crippen molar-refractivity contribution in [3.8, 4) is 0 Å². The molecule has 0 aliphatic carbocycles. The number of hydrogen-bond donors (Lipinski definition) is 2. The second-order valence-electron chi connectivity index (χ2n) is 4.17. The van der Waals surface area contributed by atoms with Crippen LogP contribution in [0, 0.1) is 0 Å². The molecule has 0 saturated carbocycles. The molecule has 1 aromatic heterocycles. The van der Waals surface area contributed by atoms with Crippen molar-refractivity contribution in [3.63, 3.8) is 0 Å². The van der Waals surface area contributed by atoms with Crippen LogP contribution in [-0.4, -0.2) is 25.2 Å². The fraction of sp³-hybridized carbons (Fsp3) is 0.308. The number of rotatable bonds is 4. The maximum Gasteiger partial charge on any atom is 0.158 e. The third-order valence-electron chi connectivity index (χ3n) is 3.02. The van der Waals surface area contributed by atoms with Crippen LogP contribution >= 0.6 is 11.9 Å². The van der Waals surface area contributed by atoms with Crippen molar-refractivity contribution in [1.29, 1.82) is 0 Å². The molecule has 1 aliphatic rings. The van der Waals surface area contributed by atoms with Gasteiger partial charge in [-0.15, -0.1) is 0 Å². The Balaban J connectivity index is 1.97. The number of amidine groups is 1. The number of furan rings is 1. The quantitative estimate of drug-likeness (QED) is 0.831. The number of anilines is 1. The summed E-state index contributed by atoms with van der Waals surface area (Å²) in [6.07, 6.45) is 4.58. The SMILES string of the molecule is CSNc1ccc(CC2=NCCN2)c2ccoc12. The maximum atomic E-state index is 5.57. The van der Waals surface area contributed by atoms with Gasteiger partial charge in [-0.25, -0.2) is 0 Å². The minimum Gasteiger partial charge on any atom is -0.462 e. The fourth-order valence-corrected chi connectivity index (χ4v) is 2.59. The summed E-state index contributed by atoms with van der Waals surface area (Å²) in [5.74, 6) is 1.07. The average Bonchev–Trinajstić information content (AvgIpc) is 3.03. The Morgan fingerprint density at radius 2 is 2.39 bits per heavy atom. The molecule has 0 unspecified atom stereocenters. The molecule has 0 bridgehead atoms. The lowest BCUT2D eigenvalue weighted by Gasteiger charge is -2.07. The molecule has 2 N–H and O–H groups in total. The van der Waals surface area contributed by atoms with E-state index in [1.54, 1.807) is 18.2 Å². The number of nitrogens with one attached hydrogen (secondary N) is 2. The zero-order valence-corrected chi connectivity index (χ0v) is 11.0. The Kier molecular flexibility index (Phi) is 3.15. The summed E-state index contributed by atoms with van der Waals surface area (Å²) < 4.78 is 8.81. The van der Waals surface area contributed by atoms with Gasteiger partial charge in [0.1, 0.15) is 5.84 Å². The largest absolute Gasteiger partial charge is 0.462 e. The van der Waals surface area contributed by atoms with Crippen LogP contribution in [0.3, 0.4) is 0 Å². The maximum absolute atomic E-state index is 5.57. The molecule has 2 aromatic rings. The first kappa shape index (κ1) is 11.5. The molecule has 0 amide bonds. The second-order valence-corrected chi connectivity index (χ2v) is 4.79. The summed E-state index contributed by atoms with van der Waals surface area (Å²) in [5, 5.41) is 4.46. The minimum absolute atomic E-state index is 0.843. The first-order valence-electron chi connectivity index (χ1n) is 5.94. The molecule has 0 radical (unpaired) electrons. The molecular formula is C13H15N3OS. The molecular weight excluding hydrogens is 246 g/mol.